The molecule has 0 aliphatic heterocycles. The molecule has 0 fully saturated rings. The number of hydrogen-bond donors (Lipinski definition) is 0. The summed E-state index contributed by atoms with van der Waals surface area (Å²) in [5, 5.41) is 14.1. The lowest BCUT2D eigenvalue weighted by Gasteiger charge is -2.01. The van der Waals surface area contributed by atoms with Gasteiger partial charge in [0.25, 0.3) is 4.73 Å². The van der Waals surface area contributed by atoms with Gasteiger partial charge in [0.05, 0.1) is 0 Å². The molecule has 0 N–H and O–H groups in total. The summed E-state index contributed by atoms with van der Waals surface area (Å²) >= 11 is 2.97. The minimum absolute atomic E-state index is 0.0751. The molecule has 1 aromatic carbocycles. The van der Waals surface area contributed by atoms with Crippen LogP contribution >= 0.6 is 15.9 Å². The predicted molar refractivity (Wildman–Crippen MR) is 69.5 cm³/mol. The van der Waals surface area contributed by atoms with Crippen LogP contribution in [0.5, 0.6) is 0 Å². The third-order valence-corrected chi connectivity index (χ3v) is 3.04. The first-order valence-corrected chi connectivity index (χ1v) is 6.26. The van der Waals surface area contributed by atoms with Gasteiger partial charge in [-0.2, -0.15) is 4.68 Å². The maximum Gasteiger partial charge on any atom is 0.492 e. The molecule has 1 heterocycles. The van der Waals surface area contributed by atoms with Gasteiger partial charge >= 0.3 is 5.95 Å². The van der Waals surface area contributed by atoms with Crippen LogP contribution in [0, 0.1) is 15.9 Å². The monoisotopic (exact) mass is 342 g/mol. The van der Waals surface area contributed by atoms with E-state index in [2.05, 4.69) is 26.0 Å². The Kier molecular flexibility index (Phi) is 4.18. The van der Waals surface area contributed by atoms with Crippen LogP contribution in [-0.2, 0) is 17.8 Å². The Balaban J connectivity index is 2.09. The van der Waals surface area contributed by atoms with E-state index in [1.54, 1.807) is 6.07 Å². The molecule has 0 aliphatic rings. The van der Waals surface area contributed by atoms with E-state index in [1.807, 2.05) is 0 Å². The maximum atomic E-state index is 13.4. The number of Topliss-reactive ketones (excluding diaryl/α,β-unsaturated/α-hetero) is 1. The van der Waals surface area contributed by atoms with Crippen molar-refractivity contribution < 1.29 is 14.1 Å². The number of carbonyl (C=O) groups excluding carboxylic acids is 1. The maximum absolute atomic E-state index is 13.4. The first kappa shape index (κ1) is 14.3. The highest BCUT2D eigenvalue weighted by Gasteiger charge is 2.21. The van der Waals surface area contributed by atoms with Gasteiger partial charge in [-0.15, -0.1) is 0 Å². The van der Waals surface area contributed by atoms with Gasteiger partial charge < -0.3 is 10.1 Å². The Morgan fingerprint density at radius 1 is 1.45 bits per heavy atom. The molecule has 20 heavy (non-hydrogen) atoms. The Morgan fingerprint density at radius 2 is 2.15 bits per heavy atom. The van der Waals surface area contributed by atoms with Crippen molar-refractivity contribution in [2.24, 2.45) is 0 Å². The summed E-state index contributed by atoms with van der Waals surface area (Å²) in [6, 6.07) is 5.92. The van der Waals surface area contributed by atoms with Crippen molar-refractivity contribution in [1.82, 2.24) is 14.8 Å². The van der Waals surface area contributed by atoms with Crippen LogP contribution in [0.2, 0.25) is 0 Å². The molecule has 7 nitrogen and oxygen atoms in total. The van der Waals surface area contributed by atoms with Crippen LogP contribution in [0.15, 0.2) is 29.0 Å². The van der Waals surface area contributed by atoms with E-state index in [9.17, 15) is 19.3 Å². The number of nitrogens with zero attached hydrogens (tertiary/aromatic N) is 4. The normalized spacial score (nSPS) is 10.5. The molecule has 0 spiro atoms. The average molecular weight is 343 g/mol. The Bertz CT molecular complexity index is 673. The van der Waals surface area contributed by atoms with Crippen LogP contribution in [0.1, 0.15) is 5.56 Å². The van der Waals surface area contributed by atoms with E-state index in [1.165, 1.54) is 18.2 Å². The summed E-state index contributed by atoms with van der Waals surface area (Å²) in [4.78, 5) is 25.1. The zero-order chi connectivity index (χ0) is 14.7. The number of rotatable bonds is 5. The molecule has 0 atom stereocenters. The molecule has 0 saturated carbocycles. The van der Waals surface area contributed by atoms with Gasteiger partial charge in [0.1, 0.15) is 12.4 Å². The summed E-state index contributed by atoms with van der Waals surface area (Å²) in [5.41, 5.74) is 0.267. The van der Waals surface area contributed by atoms with Gasteiger partial charge in [-0.1, -0.05) is 18.2 Å². The number of ketones is 1. The Morgan fingerprint density at radius 3 is 2.75 bits per heavy atom. The second kappa shape index (κ2) is 5.87. The fourth-order valence-electron chi connectivity index (χ4n) is 1.57. The molecular weight excluding hydrogens is 335 g/mol. The highest BCUT2D eigenvalue weighted by Crippen LogP contribution is 2.13. The number of hydrogen-bond acceptors (Lipinski definition) is 5. The standard InChI is InChI=1S/C11H8BrFN4O3/c12-10-14-11(17(19)20)15-16(10)6-8(18)5-7-3-1-2-4-9(7)13/h1-4H,5-6H2. The molecular formula is C11H8BrFN4O3. The molecule has 0 bridgehead atoms. The zero-order valence-electron chi connectivity index (χ0n) is 9.99. The first-order chi connectivity index (χ1) is 9.47. The van der Waals surface area contributed by atoms with E-state index in [0.29, 0.717) is 0 Å². The van der Waals surface area contributed by atoms with E-state index >= 15 is 0 Å². The molecule has 0 saturated heterocycles. The molecule has 0 radical (unpaired) electrons. The number of carbonyl (C=O) groups is 1. The lowest BCUT2D eigenvalue weighted by Crippen LogP contribution is -2.14. The number of aromatic nitrogens is 3. The third-order valence-electron chi connectivity index (χ3n) is 2.45. The highest BCUT2D eigenvalue weighted by molar-refractivity contribution is 9.10. The molecule has 2 rings (SSSR count). The van der Waals surface area contributed by atoms with Crippen molar-refractivity contribution in [3.63, 3.8) is 0 Å². The zero-order valence-corrected chi connectivity index (χ0v) is 11.6. The van der Waals surface area contributed by atoms with Crippen molar-refractivity contribution in [2.45, 2.75) is 13.0 Å². The minimum atomic E-state index is -0.761. The quantitative estimate of drug-likeness (QED) is 0.611. The topological polar surface area (TPSA) is 90.9 Å². The molecule has 9 heteroatoms. The smallest absolute Gasteiger partial charge is 0.390 e. The molecule has 2 aromatic rings. The van der Waals surface area contributed by atoms with Gasteiger partial charge in [-0.3, -0.25) is 4.79 Å². The second-order valence-electron chi connectivity index (χ2n) is 3.90. The van der Waals surface area contributed by atoms with Crippen LogP contribution < -0.4 is 0 Å². The van der Waals surface area contributed by atoms with Crippen LogP contribution in [-0.4, -0.2) is 25.5 Å². The predicted octanol–water partition coefficient (Wildman–Crippen LogP) is 1.90. The summed E-state index contributed by atoms with van der Waals surface area (Å²) in [6.45, 7) is -0.226. The second-order valence-corrected chi connectivity index (χ2v) is 4.61. The lowest BCUT2D eigenvalue weighted by molar-refractivity contribution is -0.394. The first-order valence-electron chi connectivity index (χ1n) is 5.47. The third kappa shape index (κ3) is 3.23. The number of halogens is 2. The summed E-state index contributed by atoms with van der Waals surface area (Å²) < 4.78 is 14.5. The van der Waals surface area contributed by atoms with E-state index < -0.39 is 16.7 Å². The summed E-state index contributed by atoms with van der Waals surface area (Å²) in [7, 11) is 0. The van der Waals surface area contributed by atoms with E-state index in [-0.39, 0.29) is 29.0 Å². The van der Waals surface area contributed by atoms with Crippen LogP contribution in [0.25, 0.3) is 0 Å². The largest absolute Gasteiger partial charge is 0.492 e. The van der Waals surface area contributed by atoms with Gasteiger partial charge in [0, 0.05) is 27.4 Å². The molecule has 1 aromatic heterocycles. The van der Waals surface area contributed by atoms with Gasteiger partial charge in [0.15, 0.2) is 5.78 Å². The minimum Gasteiger partial charge on any atom is -0.390 e. The highest BCUT2D eigenvalue weighted by atomic mass is 79.9. The van der Waals surface area contributed by atoms with Crippen molar-refractivity contribution in [3.8, 4) is 0 Å². The molecule has 0 amide bonds. The van der Waals surface area contributed by atoms with Crippen molar-refractivity contribution >= 4 is 27.7 Å². The Labute approximate surface area is 120 Å². The van der Waals surface area contributed by atoms with Gasteiger partial charge in [0.2, 0.25) is 0 Å². The SMILES string of the molecule is O=C(Cc1ccccc1F)Cn1nc([N+](=O)[O-])nc1Br. The van der Waals surface area contributed by atoms with Crippen molar-refractivity contribution in [1.29, 1.82) is 0 Å². The fraction of sp³-hybridized carbons (Fsp3) is 0.182. The van der Waals surface area contributed by atoms with E-state index in [0.717, 1.165) is 4.68 Å². The summed E-state index contributed by atoms with van der Waals surface area (Å²) in [5.74, 6) is -1.41. The summed E-state index contributed by atoms with van der Waals surface area (Å²) in [6.07, 6.45) is -0.118. The van der Waals surface area contributed by atoms with Gasteiger partial charge in [-0.25, -0.2) is 4.39 Å². The van der Waals surface area contributed by atoms with E-state index in [4.69, 9.17) is 0 Å². The lowest BCUT2D eigenvalue weighted by atomic mass is 10.1. The molecule has 0 aliphatic carbocycles. The van der Waals surface area contributed by atoms with Gasteiger partial charge in [-0.05, 0) is 21.5 Å². The van der Waals surface area contributed by atoms with Crippen LogP contribution in [0.4, 0.5) is 10.3 Å². The number of nitro groups is 1. The number of benzene rings is 1. The van der Waals surface area contributed by atoms with Crippen molar-refractivity contribution in [2.75, 3.05) is 0 Å². The van der Waals surface area contributed by atoms with Crippen LogP contribution in [0.3, 0.4) is 0 Å². The molecule has 0 unspecified atom stereocenters. The Hall–Kier alpha value is -2.16. The van der Waals surface area contributed by atoms with Crippen molar-refractivity contribution in [3.05, 3.63) is 50.5 Å². The fourth-order valence-corrected chi connectivity index (χ4v) is 1.93. The molecule has 104 valence electrons. The average Bonchev–Trinajstić information content (AvgIpc) is 2.74.